The minimum Gasteiger partial charge on any atom is -0.480 e. The van der Waals surface area contributed by atoms with Crippen molar-refractivity contribution in [1.82, 2.24) is 15.3 Å². The van der Waals surface area contributed by atoms with Gasteiger partial charge in [-0.25, -0.2) is 14.8 Å². The second-order valence-corrected chi connectivity index (χ2v) is 12.0. The van der Waals surface area contributed by atoms with Crippen LogP contribution in [0.1, 0.15) is 61.5 Å². The highest BCUT2D eigenvalue weighted by molar-refractivity contribution is 5.96. The summed E-state index contributed by atoms with van der Waals surface area (Å²) in [5.74, 6) is -0.893. The van der Waals surface area contributed by atoms with E-state index in [1.54, 1.807) is 12.1 Å². The number of hydrogen-bond acceptors (Lipinski definition) is 5. The molecule has 1 saturated heterocycles. The Labute approximate surface area is 247 Å². The van der Waals surface area contributed by atoms with Crippen LogP contribution in [0.25, 0.3) is 22.5 Å². The average Bonchev–Trinajstić information content (AvgIpc) is 3.01. The number of carboxylic acid groups (broad SMARTS) is 1. The lowest BCUT2D eigenvalue weighted by Crippen LogP contribution is -2.42. The van der Waals surface area contributed by atoms with E-state index in [2.05, 4.69) is 65.2 Å². The van der Waals surface area contributed by atoms with Crippen LogP contribution in [-0.4, -0.2) is 46.1 Å². The van der Waals surface area contributed by atoms with Crippen molar-refractivity contribution in [3.05, 3.63) is 102 Å². The highest BCUT2D eigenvalue weighted by atomic mass is 16.4. The maximum absolute atomic E-state index is 12.8. The lowest BCUT2D eigenvalue weighted by atomic mass is 9.86. The molecule has 7 heteroatoms. The number of nitrogens with zero attached hydrogens (tertiary/aromatic N) is 3. The van der Waals surface area contributed by atoms with Gasteiger partial charge in [0.05, 0.1) is 0 Å². The van der Waals surface area contributed by atoms with Crippen molar-refractivity contribution in [1.29, 1.82) is 0 Å². The van der Waals surface area contributed by atoms with Gasteiger partial charge in [-0.15, -0.1) is 0 Å². The maximum Gasteiger partial charge on any atom is 0.326 e. The zero-order valence-electron chi connectivity index (χ0n) is 24.5. The minimum absolute atomic E-state index is 0.0313. The zero-order valence-corrected chi connectivity index (χ0v) is 24.5. The smallest absolute Gasteiger partial charge is 0.326 e. The summed E-state index contributed by atoms with van der Waals surface area (Å²) in [4.78, 5) is 36.4. The Hall–Kier alpha value is -4.52. The Kier molecular flexibility index (Phi) is 8.67. The van der Waals surface area contributed by atoms with Gasteiger partial charge in [0.1, 0.15) is 6.04 Å². The summed E-state index contributed by atoms with van der Waals surface area (Å²) in [6, 6.07) is 22.2. The number of hydrogen-bond donors (Lipinski definition) is 2. The summed E-state index contributed by atoms with van der Waals surface area (Å²) in [7, 11) is 0. The number of amides is 1. The first kappa shape index (κ1) is 29.0. The van der Waals surface area contributed by atoms with Crippen LogP contribution in [0, 0.1) is 0 Å². The summed E-state index contributed by atoms with van der Waals surface area (Å²) in [5, 5.41) is 12.5. The third-order valence-corrected chi connectivity index (χ3v) is 7.82. The van der Waals surface area contributed by atoms with Crippen LogP contribution in [0.3, 0.4) is 0 Å². The molecular weight excluding hydrogens is 524 g/mol. The minimum atomic E-state index is -1.08. The van der Waals surface area contributed by atoms with Crippen molar-refractivity contribution in [3.8, 4) is 22.5 Å². The fourth-order valence-corrected chi connectivity index (χ4v) is 5.25. The fraction of sp³-hybridized carbons (Fsp3) is 0.314. The molecule has 5 rings (SSSR count). The third kappa shape index (κ3) is 7.03. The first-order valence-electron chi connectivity index (χ1n) is 14.6. The number of carbonyl (C=O) groups is 2. The standard InChI is InChI=1S/C35H38N4O3/c1-35(2,3)29-16-14-26(15-17-29)33(40)38-31(34(41)42)20-24-10-12-25(13-11-24)32-36-22-28(23-37-32)27-8-7-9-30(21-27)39-18-5-4-6-19-39/h7-17,21-23,31H,4-6,18-20H2,1-3H3,(H,38,40)(H,41,42). The summed E-state index contributed by atoms with van der Waals surface area (Å²) < 4.78 is 0. The number of anilines is 1. The van der Waals surface area contributed by atoms with Gasteiger partial charge in [0, 0.05) is 54.3 Å². The molecule has 1 aliphatic rings. The van der Waals surface area contributed by atoms with Gasteiger partial charge >= 0.3 is 5.97 Å². The predicted octanol–water partition coefficient (Wildman–Crippen LogP) is 6.52. The molecule has 2 heterocycles. The SMILES string of the molecule is CC(C)(C)c1ccc(C(=O)NC(Cc2ccc(-c3ncc(-c4cccc(N5CCCCC5)c4)cn3)cc2)C(=O)O)cc1. The molecule has 3 aromatic carbocycles. The molecule has 1 unspecified atom stereocenters. The second kappa shape index (κ2) is 12.6. The summed E-state index contributed by atoms with van der Waals surface area (Å²) in [6.07, 6.45) is 7.62. The van der Waals surface area contributed by atoms with E-state index in [-0.39, 0.29) is 11.8 Å². The van der Waals surface area contributed by atoms with Gasteiger partial charge < -0.3 is 15.3 Å². The van der Waals surface area contributed by atoms with Crippen molar-refractivity contribution in [3.63, 3.8) is 0 Å². The Morgan fingerprint density at radius 2 is 1.52 bits per heavy atom. The number of aliphatic carboxylic acids is 1. The van der Waals surface area contributed by atoms with E-state index in [1.165, 1.54) is 24.9 Å². The number of carboxylic acids is 1. The number of rotatable bonds is 8. The monoisotopic (exact) mass is 562 g/mol. The summed E-state index contributed by atoms with van der Waals surface area (Å²) in [6.45, 7) is 8.50. The Morgan fingerprint density at radius 1 is 0.857 bits per heavy atom. The molecule has 4 aromatic rings. The van der Waals surface area contributed by atoms with Gasteiger partial charge in [-0.1, -0.05) is 69.3 Å². The van der Waals surface area contributed by atoms with Crippen molar-refractivity contribution in [2.45, 2.75) is 57.9 Å². The number of benzene rings is 3. The molecular formula is C35H38N4O3. The van der Waals surface area contributed by atoms with E-state index in [9.17, 15) is 14.7 Å². The lowest BCUT2D eigenvalue weighted by molar-refractivity contribution is -0.139. The van der Waals surface area contributed by atoms with Crippen LogP contribution in [0.4, 0.5) is 5.69 Å². The maximum atomic E-state index is 12.8. The van der Waals surface area contributed by atoms with Gasteiger partial charge in [-0.3, -0.25) is 4.79 Å². The van der Waals surface area contributed by atoms with E-state index in [4.69, 9.17) is 0 Å². The topological polar surface area (TPSA) is 95.4 Å². The van der Waals surface area contributed by atoms with E-state index in [0.717, 1.165) is 40.9 Å². The van der Waals surface area contributed by atoms with Crippen molar-refractivity contribution in [2.24, 2.45) is 0 Å². The average molecular weight is 563 g/mol. The van der Waals surface area contributed by atoms with E-state index in [0.29, 0.717) is 11.4 Å². The van der Waals surface area contributed by atoms with Crippen molar-refractivity contribution in [2.75, 3.05) is 18.0 Å². The van der Waals surface area contributed by atoms with E-state index >= 15 is 0 Å². The van der Waals surface area contributed by atoms with E-state index in [1.807, 2.05) is 48.8 Å². The lowest BCUT2D eigenvalue weighted by Gasteiger charge is -2.29. The molecule has 1 fully saturated rings. The molecule has 1 atom stereocenters. The molecule has 1 aliphatic heterocycles. The Morgan fingerprint density at radius 3 is 2.14 bits per heavy atom. The first-order valence-corrected chi connectivity index (χ1v) is 14.6. The van der Waals surface area contributed by atoms with Crippen LogP contribution >= 0.6 is 0 Å². The van der Waals surface area contributed by atoms with Crippen LogP contribution in [0.2, 0.25) is 0 Å². The van der Waals surface area contributed by atoms with Crippen molar-refractivity contribution < 1.29 is 14.7 Å². The molecule has 1 amide bonds. The zero-order chi connectivity index (χ0) is 29.7. The van der Waals surface area contributed by atoms with Crippen LogP contribution in [-0.2, 0) is 16.6 Å². The van der Waals surface area contributed by atoms with Crippen LogP contribution in [0.5, 0.6) is 0 Å². The molecule has 1 aromatic heterocycles. The van der Waals surface area contributed by atoms with Gasteiger partial charge in [0.15, 0.2) is 5.82 Å². The Balaban J connectivity index is 1.23. The van der Waals surface area contributed by atoms with Gasteiger partial charge in [0.25, 0.3) is 5.91 Å². The molecule has 0 radical (unpaired) electrons. The molecule has 2 N–H and O–H groups in total. The molecule has 0 bridgehead atoms. The summed E-state index contributed by atoms with van der Waals surface area (Å²) in [5.41, 5.74) is 6.42. The number of piperidine rings is 1. The largest absolute Gasteiger partial charge is 0.480 e. The number of aromatic nitrogens is 2. The fourth-order valence-electron chi connectivity index (χ4n) is 5.25. The molecule has 7 nitrogen and oxygen atoms in total. The van der Waals surface area contributed by atoms with E-state index < -0.39 is 17.9 Å². The third-order valence-electron chi connectivity index (χ3n) is 7.82. The molecule has 0 saturated carbocycles. The number of carbonyl (C=O) groups excluding carboxylic acids is 1. The highest BCUT2D eigenvalue weighted by Gasteiger charge is 2.22. The van der Waals surface area contributed by atoms with Gasteiger partial charge in [0.2, 0.25) is 0 Å². The molecule has 0 aliphatic carbocycles. The second-order valence-electron chi connectivity index (χ2n) is 12.0. The van der Waals surface area contributed by atoms with Crippen molar-refractivity contribution >= 4 is 17.6 Å². The number of nitrogens with one attached hydrogen (secondary N) is 1. The molecule has 0 spiro atoms. The summed E-state index contributed by atoms with van der Waals surface area (Å²) >= 11 is 0. The molecule has 42 heavy (non-hydrogen) atoms. The van der Waals surface area contributed by atoms with Gasteiger partial charge in [-0.05, 0) is 65.6 Å². The molecule has 216 valence electrons. The highest BCUT2D eigenvalue weighted by Crippen LogP contribution is 2.27. The quantitative estimate of drug-likeness (QED) is 0.254. The van der Waals surface area contributed by atoms with Crippen LogP contribution in [0.15, 0.2) is 85.2 Å². The van der Waals surface area contributed by atoms with Gasteiger partial charge in [-0.2, -0.15) is 0 Å². The first-order chi connectivity index (χ1) is 20.2. The normalized spacial score (nSPS) is 14.3. The van der Waals surface area contributed by atoms with Crippen LogP contribution < -0.4 is 10.2 Å². The predicted molar refractivity (Wildman–Crippen MR) is 167 cm³/mol. The Bertz CT molecular complexity index is 1520.